The maximum absolute atomic E-state index is 14.6. The fourth-order valence-corrected chi connectivity index (χ4v) is 5.97. The van der Waals surface area contributed by atoms with Gasteiger partial charge in [0.15, 0.2) is 11.6 Å². The van der Waals surface area contributed by atoms with Gasteiger partial charge < -0.3 is 15.8 Å². The molecule has 32 heavy (non-hydrogen) atoms. The number of rotatable bonds is 4. The lowest BCUT2D eigenvalue weighted by Crippen LogP contribution is -2.20. The van der Waals surface area contributed by atoms with Crippen LogP contribution in [-0.4, -0.2) is 22.4 Å². The van der Waals surface area contributed by atoms with Crippen LogP contribution in [0.2, 0.25) is 0 Å². The molecule has 0 spiro atoms. The molecule has 2 fully saturated rings. The second-order valence-electron chi connectivity index (χ2n) is 9.20. The quantitative estimate of drug-likeness (QED) is 0.494. The topological polar surface area (TPSA) is 93.0 Å². The number of nitrogens with two attached hydrogens (primary N) is 1. The first-order chi connectivity index (χ1) is 15.5. The van der Waals surface area contributed by atoms with Crippen molar-refractivity contribution >= 4 is 29.4 Å². The van der Waals surface area contributed by atoms with E-state index in [2.05, 4.69) is 22.4 Å². The molecule has 2 aliphatic carbocycles. The minimum atomic E-state index is -0.733. The third-order valence-electron chi connectivity index (χ3n) is 6.71. The van der Waals surface area contributed by atoms with Gasteiger partial charge in [-0.15, -0.1) is 0 Å². The van der Waals surface area contributed by atoms with Gasteiger partial charge in [0.1, 0.15) is 6.10 Å². The number of ether oxygens (including phenoxy) is 1. The summed E-state index contributed by atoms with van der Waals surface area (Å²) in [4.78, 5) is 10.9. The van der Waals surface area contributed by atoms with Gasteiger partial charge in [-0.2, -0.15) is 16.9 Å². The highest BCUT2D eigenvalue weighted by Gasteiger charge is 2.29. The maximum Gasteiger partial charge on any atom is 0.404 e. The first-order valence-corrected chi connectivity index (χ1v) is 12.8. The van der Waals surface area contributed by atoms with Crippen LogP contribution in [-0.2, 0) is 16.2 Å². The number of hydrogen-bond acceptors (Lipinski definition) is 5. The standard InChI is InChI=1S/C17H19FN4O2S.C7H14/c18-16-12-8-25-7-10(12)2-4-13(16)20-15-6-14(21-22-15)9-1-3-11(5-9)24-17(19)23;1-7-5-3-2-4-6-7/h2,4,6,9,11H,1,3,5,7-8H2,(H2,19,23)(H2,20,21,22);7H,2-6H2,1H3. The zero-order chi connectivity index (χ0) is 22.5. The van der Waals surface area contributed by atoms with Gasteiger partial charge in [-0.1, -0.05) is 45.1 Å². The number of fused-ring (bicyclic) bond motifs is 1. The van der Waals surface area contributed by atoms with E-state index in [0.29, 0.717) is 17.3 Å². The molecule has 0 bridgehead atoms. The van der Waals surface area contributed by atoms with Crippen LogP contribution in [0.4, 0.5) is 20.7 Å². The number of H-pyrrole nitrogens is 1. The number of aromatic amines is 1. The summed E-state index contributed by atoms with van der Waals surface area (Å²) in [6.45, 7) is 2.36. The Morgan fingerprint density at radius 3 is 2.75 bits per heavy atom. The number of aromatic nitrogens is 2. The van der Waals surface area contributed by atoms with Crippen LogP contribution in [0.3, 0.4) is 0 Å². The van der Waals surface area contributed by atoms with E-state index in [-0.39, 0.29) is 17.8 Å². The van der Waals surface area contributed by atoms with Gasteiger partial charge in [-0.05, 0) is 36.8 Å². The molecular weight excluding hydrogens is 427 g/mol. The molecule has 1 amide bonds. The summed E-state index contributed by atoms with van der Waals surface area (Å²) in [5.74, 6) is 3.24. The third kappa shape index (κ3) is 5.77. The van der Waals surface area contributed by atoms with E-state index < -0.39 is 6.09 Å². The molecular formula is C24H33FN4O2S. The van der Waals surface area contributed by atoms with Crippen LogP contribution in [0.25, 0.3) is 0 Å². The Hall–Kier alpha value is -2.22. The molecule has 1 aliphatic heterocycles. The number of benzene rings is 1. The lowest BCUT2D eigenvalue weighted by Gasteiger charge is -2.15. The lowest BCUT2D eigenvalue weighted by molar-refractivity contribution is 0.109. The van der Waals surface area contributed by atoms with E-state index in [1.165, 1.54) is 32.1 Å². The van der Waals surface area contributed by atoms with Crippen molar-refractivity contribution in [1.82, 2.24) is 10.2 Å². The van der Waals surface area contributed by atoms with Crippen molar-refractivity contribution in [2.75, 3.05) is 5.32 Å². The van der Waals surface area contributed by atoms with Crippen LogP contribution in [0.5, 0.6) is 0 Å². The Morgan fingerprint density at radius 1 is 1.22 bits per heavy atom. The number of halogens is 1. The highest BCUT2D eigenvalue weighted by atomic mass is 32.2. The average Bonchev–Trinajstić information content (AvgIpc) is 3.52. The SMILES string of the molecule is CC1CCCCC1.NC(=O)OC1CCC(c2cc(Nc3ccc4c(c3F)CSC4)n[nH]2)C1. The second kappa shape index (κ2) is 10.6. The van der Waals surface area contributed by atoms with Crippen LogP contribution >= 0.6 is 11.8 Å². The molecule has 0 saturated heterocycles. The van der Waals surface area contributed by atoms with Crippen molar-refractivity contribution in [2.45, 2.75) is 81.8 Å². The summed E-state index contributed by atoms with van der Waals surface area (Å²) >= 11 is 1.72. The van der Waals surface area contributed by atoms with Crippen molar-refractivity contribution in [1.29, 1.82) is 0 Å². The van der Waals surface area contributed by atoms with Crippen LogP contribution in [0, 0.1) is 11.7 Å². The molecule has 3 aliphatic rings. The van der Waals surface area contributed by atoms with Crippen LogP contribution < -0.4 is 11.1 Å². The highest BCUT2D eigenvalue weighted by Crippen LogP contribution is 2.37. The molecule has 6 nitrogen and oxygen atoms in total. The molecule has 1 aromatic heterocycles. The van der Waals surface area contributed by atoms with Crippen molar-refractivity contribution in [3.8, 4) is 0 Å². The van der Waals surface area contributed by atoms with E-state index in [9.17, 15) is 9.18 Å². The number of nitrogens with zero attached hydrogens (tertiary/aromatic N) is 1. The normalized spacial score (nSPS) is 22.7. The number of carbonyl (C=O) groups excluding carboxylic acids is 1. The van der Waals surface area contributed by atoms with Crippen molar-refractivity contribution in [3.05, 3.63) is 40.8 Å². The first-order valence-electron chi connectivity index (χ1n) is 11.7. The predicted octanol–water partition coefficient (Wildman–Crippen LogP) is 6.36. The van der Waals surface area contributed by atoms with Crippen molar-refractivity contribution < 1.29 is 13.9 Å². The summed E-state index contributed by atoms with van der Waals surface area (Å²) in [6, 6.07) is 5.62. The Bertz CT molecular complexity index is 929. The molecule has 2 unspecified atom stereocenters. The Morgan fingerprint density at radius 2 is 2.03 bits per heavy atom. The minimum absolute atomic E-state index is 0.145. The smallest absolute Gasteiger partial charge is 0.404 e. The molecule has 2 heterocycles. The van der Waals surface area contributed by atoms with E-state index in [1.54, 1.807) is 17.8 Å². The number of carbonyl (C=O) groups is 1. The first kappa shape index (κ1) is 23.0. The van der Waals surface area contributed by atoms with E-state index in [1.807, 2.05) is 12.1 Å². The molecule has 5 rings (SSSR count). The van der Waals surface area contributed by atoms with Crippen molar-refractivity contribution in [2.24, 2.45) is 11.7 Å². The molecule has 2 atom stereocenters. The number of thioether (sulfide) groups is 1. The summed E-state index contributed by atoms with van der Waals surface area (Å²) in [5, 5.41) is 10.3. The zero-order valence-electron chi connectivity index (χ0n) is 18.7. The average molecular weight is 461 g/mol. The van der Waals surface area contributed by atoms with Gasteiger partial charge in [-0.25, -0.2) is 9.18 Å². The number of nitrogens with one attached hydrogen (secondary N) is 2. The Labute approximate surface area is 193 Å². The largest absolute Gasteiger partial charge is 0.446 e. The predicted molar refractivity (Wildman–Crippen MR) is 127 cm³/mol. The van der Waals surface area contributed by atoms with Crippen molar-refractivity contribution in [3.63, 3.8) is 0 Å². The second-order valence-corrected chi connectivity index (χ2v) is 10.2. The zero-order valence-corrected chi connectivity index (χ0v) is 19.5. The molecule has 4 N–H and O–H groups in total. The van der Waals surface area contributed by atoms with Gasteiger partial charge in [0.05, 0.1) is 5.69 Å². The number of amides is 1. The summed E-state index contributed by atoms with van der Waals surface area (Å²) in [7, 11) is 0. The molecule has 174 valence electrons. The lowest BCUT2D eigenvalue weighted by atomic mass is 9.91. The summed E-state index contributed by atoms with van der Waals surface area (Å²) < 4.78 is 19.6. The fraction of sp³-hybridized carbons (Fsp3) is 0.583. The van der Waals surface area contributed by atoms with Gasteiger partial charge in [0.2, 0.25) is 0 Å². The van der Waals surface area contributed by atoms with Gasteiger partial charge >= 0.3 is 6.09 Å². The van der Waals surface area contributed by atoms with E-state index in [4.69, 9.17) is 10.5 Å². The fourth-order valence-electron chi connectivity index (χ4n) is 4.86. The van der Waals surface area contributed by atoms with E-state index >= 15 is 0 Å². The number of hydrogen-bond donors (Lipinski definition) is 3. The summed E-state index contributed by atoms with van der Waals surface area (Å²) in [5.41, 5.74) is 8.33. The molecule has 8 heteroatoms. The Kier molecular flexibility index (Phi) is 7.60. The van der Waals surface area contributed by atoms with E-state index in [0.717, 1.165) is 47.8 Å². The van der Waals surface area contributed by atoms with Crippen LogP contribution in [0.1, 0.15) is 81.0 Å². The van der Waals surface area contributed by atoms with Gasteiger partial charge in [0.25, 0.3) is 0 Å². The van der Waals surface area contributed by atoms with Gasteiger partial charge in [-0.3, -0.25) is 5.10 Å². The molecule has 2 saturated carbocycles. The maximum atomic E-state index is 14.6. The number of anilines is 2. The third-order valence-corrected chi connectivity index (χ3v) is 7.71. The molecule has 2 aromatic rings. The highest BCUT2D eigenvalue weighted by molar-refractivity contribution is 7.98. The monoisotopic (exact) mass is 460 g/mol. The van der Waals surface area contributed by atoms with Gasteiger partial charge in [0, 0.05) is 34.7 Å². The Balaban J connectivity index is 0.000000300. The molecule has 0 radical (unpaired) electrons. The minimum Gasteiger partial charge on any atom is -0.446 e. The number of primary amides is 1. The molecule has 1 aromatic carbocycles. The summed E-state index contributed by atoms with van der Waals surface area (Å²) in [6.07, 6.45) is 8.95. The van der Waals surface area contributed by atoms with Crippen LogP contribution in [0.15, 0.2) is 18.2 Å².